The van der Waals surface area contributed by atoms with Gasteiger partial charge in [0.1, 0.15) is 42.3 Å². The number of carbonyl (C=O) groups excluding carboxylic acids is 10. The van der Waals surface area contributed by atoms with E-state index < -0.39 is 120 Å². The maximum Gasteiger partial charge on any atom is 0.245 e. The van der Waals surface area contributed by atoms with E-state index in [1.54, 1.807) is 41.5 Å². The van der Waals surface area contributed by atoms with Crippen molar-refractivity contribution in [3.05, 3.63) is 0 Å². The van der Waals surface area contributed by atoms with Crippen LogP contribution >= 0.6 is 0 Å². The molecule has 10 amide bonds. The molecule has 1 heterocycles. The van der Waals surface area contributed by atoms with E-state index in [9.17, 15) is 53.1 Å². The first-order valence-electron chi connectivity index (χ1n) is 23.2. The predicted molar refractivity (Wildman–Crippen MR) is 248 cm³/mol. The van der Waals surface area contributed by atoms with E-state index in [0.717, 1.165) is 0 Å². The molecule has 67 heavy (non-hydrogen) atoms. The lowest BCUT2D eigenvalue weighted by Gasteiger charge is -2.32. The average molecular weight is 952 g/mol. The Hall–Kier alpha value is -6.07. The van der Waals surface area contributed by atoms with Crippen molar-refractivity contribution < 1.29 is 53.1 Å². The van der Waals surface area contributed by atoms with Crippen molar-refractivity contribution in [1.82, 2.24) is 47.4 Å². The van der Waals surface area contributed by atoms with Gasteiger partial charge < -0.3 is 69.7 Å². The summed E-state index contributed by atoms with van der Waals surface area (Å²) in [6, 6.07) is -8.64. The van der Waals surface area contributed by atoms with Gasteiger partial charge in [-0.1, -0.05) is 53.9 Å². The summed E-state index contributed by atoms with van der Waals surface area (Å²) < 4.78 is 0. The van der Waals surface area contributed by atoms with Gasteiger partial charge >= 0.3 is 0 Å². The molecular weight excluding hydrogens is 875 g/mol. The van der Waals surface area contributed by atoms with Crippen molar-refractivity contribution in [2.75, 3.05) is 26.2 Å². The van der Waals surface area contributed by atoms with E-state index in [0.29, 0.717) is 51.6 Å². The average Bonchev–Trinajstić information content (AvgIpc) is 3.77. The highest BCUT2D eigenvalue weighted by molar-refractivity contribution is 5.98. The number of amides is 10. The Balaban J connectivity index is 3.36. The first-order chi connectivity index (χ1) is 31.5. The number of primary amides is 1. The van der Waals surface area contributed by atoms with E-state index >= 15 is 0 Å². The number of carbonyl (C=O) groups is 10. The van der Waals surface area contributed by atoms with Gasteiger partial charge in [-0.25, -0.2) is 0 Å². The zero-order valence-electron chi connectivity index (χ0n) is 40.3. The molecule has 0 aromatic rings. The molecule has 0 aromatic heterocycles. The first kappa shape index (κ1) is 58.9. The van der Waals surface area contributed by atoms with E-state index in [-0.39, 0.29) is 44.1 Å². The molecule has 15 N–H and O–H groups in total. The second kappa shape index (κ2) is 30.3. The van der Waals surface area contributed by atoms with Crippen LogP contribution in [0, 0.1) is 11.8 Å². The normalized spacial score (nSPS) is 17.3. The van der Waals surface area contributed by atoms with Gasteiger partial charge in [0.15, 0.2) is 5.96 Å². The van der Waals surface area contributed by atoms with Crippen LogP contribution in [0.4, 0.5) is 0 Å². The van der Waals surface area contributed by atoms with Crippen LogP contribution in [0.2, 0.25) is 0 Å². The van der Waals surface area contributed by atoms with Crippen LogP contribution in [0.5, 0.6) is 0 Å². The Morgan fingerprint density at radius 3 is 1.69 bits per heavy atom. The third-order valence-corrected chi connectivity index (χ3v) is 11.4. The number of nitrogens with one attached hydrogen (secondary N) is 8. The molecule has 1 rings (SSSR count). The quantitative estimate of drug-likeness (QED) is 0.0192. The van der Waals surface area contributed by atoms with Gasteiger partial charge in [0, 0.05) is 33.0 Å². The van der Waals surface area contributed by atoms with Crippen LogP contribution in [-0.2, 0) is 47.9 Å². The number of likely N-dealkylation sites (tertiary alicyclic amines) is 1. The molecule has 380 valence electrons. The summed E-state index contributed by atoms with van der Waals surface area (Å²) >= 11 is 0. The molecule has 0 radical (unpaired) electrons. The van der Waals surface area contributed by atoms with E-state index in [2.05, 4.69) is 47.5 Å². The Morgan fingerprint density at radius 2 is 1.19 bits per heavy atom. The van der Waals surface area contributed by atoms with Crippen molar-refractivity contribution in [2.24, 2.45) is 34.0 Å². The molecule has 0 saturated carbocycles. The summed E-state index contributed by atoms with van der Waals surface area (Å²) in [4.78, 5) is 137. The highest BCUT2D eigenvalue weighted by Gasteiger charge is 2.40. The van der Waals surface area contributed by atoms with Gasteiger partial charge in [0.2, 0.25) is 59.1 Å². The lowest BCUT2D eigenvalue weighted by atomic mass is 9.96. The van der Waals surface area contributed by atoms with Gasteiger partial charge in [-0.15, -0.1) is 0 Å². The number of nitrogens with two attached hydrogens (primary N) is 3. The Kier molecular flexibility index (Phi) is 26.6. The van der Waals surface area contributed by atoms with Crippen LogP contribution in [-0.4, -0.2) is 150 Å². The van der Waals surface area contributed by atoms with Crippen molar-refractivity contribution in [2.45, 2.75) is 168 Å². The van der Waals surface area contributed by atoms with Gasteiger partial charge in [-0.05, 0) is 64.2 Å². The molecule has 1 fully saturated rings. The van der Waals surface area contributed by atoms with Crippen molar-refractivity contribution in [3.63, 3.8) is 0 Å². The molecule has 24 nitrogen and oxygen atoms in total. The topological polar surface area (TPSA) is 381 Å². The van der Waals surface area contributed by atoms with Crippen molar-refractivity contribution >= 4 is 65.0 Å². The summed E-state index contributed by atoms with van der Waals surface area (Å²) in [5, 5.41) is 31.4. The summed E-state index contributed by atoms with van der Waals surface area (Å²) in [6.45, 7) is 13.2. The lowest BCUT2D eigenvalue weighted by Crippen LogP contribution is -2.63. The fourth-order valence-electron chi connectivity index (χ4n) is 7.20. The van der Waals surface area contributed by atoms with E-state index in [1.165, 1.54) is 18.7 Å². The number of aliphatic hydroxyl groups excluding tert-OH is 1. The number of hydrogen-bond donors (Lipinski definition) is 12. The van der Waals surface area contributed by atoms with Gasteiger partial charge in [-0.3, -0.25) is 52.9 Å². The minimum absolute atomic E-state index is 0.0703. The summed E-state index contributed by atoms with van der Waals surface area (Å²) in [5.41, 5.74) is 16.2. The van der Waals surface area contributed by atoms with Gasteiger partial charge in [-0.2, -0.15) is 0 Å². The third kappa shape index (κ3) is 20.5. The molecule has 0 aliphatic carbocycles. The third-order valence-electron chi connectivity index (χ3n) is 11.4. The second-order valence-electron chi connectivity index (χ2n) is 16.9. The molecular formula is C43H77N13O11. The Bertz CT molecular complexity index is 1740. The summed E-state index contributed by atoms with van der Waals surface area (Å²) in [6.07, 6.45) is 0.559. The van der Waals surface area contributed by atoms with Crippen LogP contribution < -0.4 is 59.7 Å². The molecule has 1 saturated heterocycles. The minimum Gasteiger partial charge on any atom is -0.391 e. The molecule has 0 aromatic carbocycles. The Morgan fingerprint density at radius 1 is 0.672 bits per heavy atom. The van der Waals surface area contributed by atoms with E-state index in [4.69, 9.17) is 17.2 Å². The fraction of sp³-hybridized carbons (Fsp3) is 0.744. The molecule has 1 aliphatic rings. The molecule has 0 spiro atoms. The molecule has 10 atom stereocenters. The van der Waals surface area contributed by atoms with Crippen LogP contribution in [0.3, 0.4) is 0 Å². The predicted octanol–water partition coefficient (Wildman–Crippen LogP) is -3.25. The van der Waals surface area contributed by atoms with Crippen molar-refractivity contribution in [1.29, 1.82) is 0 Å². The van der Waals surface area contributed by atoms with Crippen molar-refractivity contribution in [3.8, 4) is 0 Å². The number of aliphatic hydroxyl groups is 1. The maximum absolute atomic E-state index is 14.1. The van der Waals surface area contributed by atoms with Crippen LogP contribution in [0.25, 0.3) is 0 Å². The fourth-order valence-corrected chi connectivity index (χ4v) is 7.20. The van der Waals surface area contributed by atoms with Crippen LogP contribution in [0.15, 0.2) is 4.99 Å². The zero-order chi connectivity index (χ0) is 51.0. The van der Waals surface area contributed by atoms with Gasteiger partial charge in [0.25, 0.3) is 0 Å². The second-order valence-corrected chi connectivity index (χ2v) is 16.9. The molecule has 1 aliphatic heterocycles. The SMILES string of the molecule is CCC[C@H](NC(=O)[C@@H](NC(=O)[C@H](NC(=O)[C@H](CCC(N)=O)NC(=O)CNC(C)=O)[C@@H](C)CC)[C@@H](C)O)C(=O)N[C@@H](C(=O)N[C@@H](CCCN=C(N)N)C(=O)N1CCC[C@H]1C(=O)NCC)[C@@H](C)CC. The summed E-state index contributed by atoms with van der Waals surface area (Å²) in [7, 11) is 0. The minimum atomic E-state index is -1.65. The van der Waals surface area contributed by atoms with E-state index in [1.807, 2.05) is 0 Å². The molecule has 24 heteroatoms. The smallest absolute Gasteiger partial charge is 0.245 e. The summed E-state index contributed by atoms with van der Waals surface area (Å²) in [5.74, 6) is -8.15. The number of likely N-dealkylation sites (N-methyl/N-ethyl adjacent to an activating group) is 1. The highest BCUT2D eigenvalue weighted by atomic mass is 16.3. The number of guanidine groups is 1. The number of aliphatic imine (C=N–C) groups is 1. The number of nitrogens with zero attached hydrogens (tertiary/aromatic N) is 2. The molecule has 0 bridgehead atoms. The Labute approximate surface area is 393 Å². The van der Waals surface area contributed by atoms with Crippen LogP contribution in [0.1, 0.15) is 120 Å². The largest absolute Gasteiger partial charge is 0.391 e. The zero-order valence-corrected chi connectivity index (χ0v) is 40.3. The number of hydrogen-bond acceptors (Lipinski definition) is 12. The molecule has 0 unspecified atom stereocenters. The first-order valence-corrected chi connectivity index (χ1v) is 23.2. The van der Waals surface area contributed by atoms with Gasteiger partial charge in [0.05, 0.1) is 12.6 Å². The maximum atomic E-state index is 14.1. The highest BCUT2D eigenvalue weighted by Crippen LogP contribution is 2.21. The standard InChI is InChI=1S/C43H77N13O11/c1-9-15-27(36(61)53-33(23(5)10-2)39(64)52-29(16-13-20-48-43(45)46)42(67)56-21-14-17-30(56)38(63)47-12-4)51-41(66)35(25(7)57)55-40(65)34(24(6)11-3)54-37(62)28(18-19-31(44)59)50-32(60)22-49-26(8)58/h23-25,27-30,33-35,57H,9-22H2,1-8H3,(H2,44,59)(H,47,63)(H,49,58)(H,50,60)(H,51,66)(H,52,64)(H,53,61)(H,54,62)(H,55,65)(H4,45,46,48)/t23-,24-,25+,27-,28-,29-,30-,33+,34+,35-/m0/s1. The monoisotopic (exact) mass is 952 g/mol. The number of rotatable bonds is 30. The lowest BCUT2D eigenvalue weighted by molar-refractivity contribution is -0.142.